The Morgan fingerprint density at radius 1 is 1.44 bits per heavy atom. The molecule has 1 heterocycles. The van der Waals surface area contributed by atoms with E-state index >= 15 is 0 Å². The molecule has 1 aromatic heterocycles. The molecule has 0 bridgehead atoms. The number of carbonyl (C=O) groups excluding carboxylic acids is 1. The number of anilines is 1. The highest BCUT2D eigenvalue weighted by Gasteiger charge is 2.17. The number of fused-ring (bicyclic) bond motifs is 1. The number of amides is 1. The van der Waals surface area contributed by atoms with Gasteiger partial charge in [-0.3, -0.25) is 4.79 Å². The van der Waals surface area contributed by atoms with Crippen molar-refractivity contribution in [3.63, 3.8) is 0 Å². The minimum Gasteiger partial charge on any atom is -0.495 e. The third-order valence-corrected chi connectivity index (χ3v) is 5.14. The van der Waals surface area contributed by atoms with Gasteiger partial charge in [-0.1, -0.05) is 23.4 Å². The van der Waals surface area contributed by atoms with Gasteiger partial charge in [-0.25, -0.2) is 4.98 Å². The highest BCUT2D eigenvalue weighted by atomic mass is 35.5. The van der Waals surface area contributed by atoms with Crippen molar-refractivity contribution in [1.82, 2.24) is 4.98 Å². The molecular weight excluding hydrogens is 358 g/mol. The average molecular weight is 374 g/mol. The smallest absolute Gasteiger partial charge is 0.234 e. The lowest BCUT2D eigenvalue weighted by atomic mass is 10.2. The Labute approximate surface area is 155 Å². The van der Waals surface area contributed by atoms with Gasteiger partial charge in [0.15, 0.2) is 0 Å². The third-order valence-electron chi connectivity index (χ3n) is 3.91. The second-order valence-corrected chi connectivity index (χ2v) is 6.99. The lowest BCUT2D eigenvalue weighted by Gasteiger charge is -2.11. The second-order valence-electron chi connectivity index (χ2n) is 5.59. The molecule has 0 spiro atoms. The fraction of sp³-hybridized carbons (Fsp3) is 0.278. The number of nitriles is 1. The first-order valence-corrected chi connectivity index (χ1v) is 9.16. The molecule has 7 heteroatoms. The zero-order valence-corrected chi connectivity index (χ0v) is 15.2. The standard InChI is InChI=1S/C18H16ClN3O2S/c1-24-16-8-13(19)5-6-15(16)21-17(23)10-25-18-12(9-20)7-11-3-2-4-14(11)22-18/h5-8H,2-4,10H2,1H3,(H,21,23). The summed E-state index contributed by atoms with van der Waals surface area (Å²) in [7, 11) is 1.52. The number of nitrogens with zero attached hydrogens (tertiary/aromatic N) is 2. The second kappa shape index (κ2) is 7.77. The van der Waals surface area contributed by atoms with Crippen LogP contribution in [0, 0.1) is 11.3 Å². The number of hydrogen-bond acceptors (Lipinski definition) is 5. The summed E-state index contributed by atoms with van der Waals surface area (Å²) in [5.41, 5.74) is 3.28. The van der Waals surface area contributed by atoms with Crippen LogP contribution in [0.1, 0.15) is 23.2 Å². The van der Waals surface area contributed by atoms with E-state index in [1.54, 1.807) is 18.2 Å². The zero-order valence-electron chi connectivity index (χ0n) is 13.6. The number of rotatable bonds is 5. The number of hydrogen-bond donors (Lipinski definition) is 1. The minimum absolute atomic E-state index is 0.159. The van der Waals surface area contributed by atoms with Crippen LogP contribution in [0.2, 0.25) is 5.02 Å². The lowest BCUT2D eigenvalue weighted by Crippen LogP contribution is -2.15. The Bertz CT molecular complexity index is 864. The SMILES string of the molecule is COc1cc(Cl)ccc1NC(=O)CSc1nc2c(cc1C#N)CCC2. The maximum absolute atomic E-state index is 12.2. The molecule has 0 atom stereocenters. The van der Waals surface area contributed by atoms with Crippen LogP contribution in [-0.4, -0.2) is 23.8 Å². The van der Waals surface area contributed by atoms with Crippen molar-refractivity contribution in [2.45, 2.75) is 24.3 Å². The molecule has 3 rings (SSSR count). The van der Waals surface area contributed by atoms with E-state index in [1.165, 1.54) is 18.9 Å². The molecule has 0 fully saturated rings. The summed E-state index contributed by atoms with van der Waals surface area (Å²) in [6.07, 6.45) is 2.97. The van der Waals surface area contributed by atoms with Crippen LogP contribution >= 0.6 is 23.4 Å². The molecule has 0 unspecified atom stereocenters. The Hall–Kier alpha value is -2.23. The molecule has 2 aromatic rings. The highest BCUT2D eigenvalue weighted by molar-refractivity contribution is 8.00. The maximum atomic E-state index is 12.2. The highest BCUT2D eigenvalue weighted by Crippen LogP contribution is 2.30. The van der Waals surface area contributed by atoms with E-state index in [0.717, 1.165) is 30.5 Å². The molecular formula is C18H16ClN3O2S. The molecule has 5 nitrogen and oxygen atoms in total. The van der Waals surface area contributed by atoms with Crippen molar-refractivity contribution in [3.05, 3.63) is 46.1 Å². The van der Waals surface area contributed by atoms with E-state index in [1.807, 2.05) is 6.07 Å². The Morgan fingerprint density at radius 3 is 3.04 bits per heavy atom. The minimum atomic E-state index is -0.197. The number of nitrogens with one attached hydrogen (secondary N) is 1. The number of benzene rings is 1. The van der Waals surface area contributed by atoms with Gasteiger partial charge in [-0.15, -0.1) is 0 Å². The van der Waals surface area contributed by atoms with E-state index in [2.05, 4.69) is 16.4 Å². The first-order chi connectivity index (χ1) is 12.1. The van der Waals surface area contributed by atoms with E-state index in [9.17, 15) is 10.1 Å². The molecule has 1 aromatic carbocycles. The van der Waals surface area contributed by atoms with E-state index in [-0.39, 0.29) is 11.7 Å². The van der Waals surface area contributed by atoms with Gasteiger partial charge in [-0.2, -0.15) is 5.26 Å². The van der Waals surface area contributed by atoms with E-state index < -0.39 is 0 Å². The van der Waals surface area contributed by atoms with Crippen molar-refractivity contribution in [1.29, 1.82) is 5.26 Å². The number of thioether (sulfide) groups is 1. The summed E-state index contributed by atoms with van der Waals surface area (Å²) >= 11 is 7.19. The lowest BCUT2D eigenvalue weighted by molar-refractivity contribution is -0.113. The van der Waals surface area contributed by atoms with Gasteiger partial charge < -0.3 is 10.1 Å². The summed E-state index contributed by atoms with van der Waals surface area (Å²) in [6.45, 7) is 0. The summed E-state index contributed by atoms with van der Waals surface area (Å²) in [5, 5.41) is 13.3. The van der Waals surface area contributed by atoms with Crippen LogP contribution in [0.4, 0.5) is 5.69 Å². The summed E-state index contributed by atoms with van der Waals surface area (Å²) in [4.78, 5) is 16.8. The van der Waals surface area contributed by atoms with Gasteiger partial charge in [-0.05, 0) is 43.0 Å². The summed E-state index contributed by atoms with van der Waals surface area (Å²) < 4.78 is 5.22. The van der Waals surface area contributed by atoms with Gasteiger partial charge in [0.2, 0.25) is 5.91 Å². The number of carbonyl (C=O) groups is 1. The number of ether oxygens (including phenoxy) is 1. The van der Waals surface area contributed by atoms with Gasteiger partial charge >= 0.3 is 0 Å². The van der Waals surface area contributed by atoms with Crippen LogP contribution in [0.25, 0.3) is 0 Å². The fourth-order valence-corrected chi connectivity index (χ4v) is 3.67. The van der Waals surface area contributed by atoms with Crippen LogP contribution in [-0.2, 0) is 17.6 Å². The number of pyridine rings is 1. The summed E-state index contributed by atoms with van der Waals surface area (Å²) in [6, 6.07) is 9.09. The molecule has 1 N–H and O–H groups in total. The number of halogens is 1. The predicted octanol–water partition coefficient (Wildman–Crippen LogP) is 3.83. The molecule has 0 radical (unpaired) electrons. The van der Waals surface area contributed by atoms with Crippen LogP contribution in [0.15, 0.2) is 29.3 Å². The fourth-order valence-electron chi connectivity index (χ4n) is 2.73. The van der Waals surface area contributed by atoms with Gasteiger partial charge in [0, 0.05) is 16.8 Å². The van der Waals surface area contributed by atoms with Crippen molar-refractivity contribution >= 4 is 35.0 Å². The zero-order chi connectivity index (χ0) is 17.8. The molecule has 0 saturated heterocycles. The van der Waals surface area contributed by atoms with Crippen LogP contribution < -0.4 is 10.1 Å². The normalized spacial score (nSPS) is 12.4. The van der Waals surface area contributed by atoms with E-state index in [0.29, 0.717) is 27.0 Å². The first kappa shape index (κ1) is 17.6. The summed E-state index contributed by atoms with van der Waals surface area (Å²) in [5.74, 6) is 0.461. The molecule has 1 aliphatic carbocycles. The molecule has 0 saturated carbocycles. The van der Waals surface area contributed by atoms with Crippen molar-refractivity contribution < 1.29 is 9.53 Å². The topological polar surface area (TPSA) is 75.0 Å². The first-order valence-electron chi connectivity index (χ1n) is 7.80. The average Bonchev–Trinajstić information content (AvgIpc) is 3.07. The number of aryl methyl sites for hydroxylation is 2. The molecule has 128 valence electrons. The maximum Gasteiger partial charge on any atom is 0.234 e. The Balaban J connectivity index is 1.68. The monoisotopic (exact) mass is 373 g/mol. The molecule has 0 aliphatic heterocycles. The van der Waals surface area contributed by atoms with Gasteiger partial charge in [0.25, 0.3) is 0 Å². The number of methoxy groups -OCH3 is 1. The Morgan fingerprint density at radius 2 is 2.28 bits per heavy atom. The molecule has 1 amide bonds. The quantitative estimate of drug-likeness (QED) is 0.806. The van der Waals surface area contributed by atoms with Crippen molar-refractivity contribution in [3.8, 4) is 11.8 Å². The largest absolute Gasteiger partial charge is 0.495 e. The van der Waals surface area contributed by atoms with Crippen molar-refractivity contribution in [2.75, 3.05) is 18.2 Å². The Kier molecular flexibility index (Phi) is 5.47. The molecule has 1 aliphatic rings. The molecule has 25 heavy (non-hydrogen) atoms. The number of aromatic nitrogens is 1. The van der Waals surface area contributed by atoms with Gasteiger partial charge in [0.1, 0.15) is 16.8 Å². The van der Waals surface area contributed by atoms with Crippen LogP contribution in [0.5, 0.6) is 5.75 Å². The van der Waals surface area contributed by atoms with E-state index in [4.69, 9.17) is 16.3 Å². The van der Waals surface area contributed by atoms with Crippen molar-refractivity contribution in [2.24, 2.45) is 0 Å². The predicted molar refractivity (Wildman–Crippen MR) is 98.3 cm³/mol. The third kappa shape index (κ3) is 4.06. The van der Waals surface area contributed by atoms with Gasteiger partial charge in [0.05, 0.1) is 24.1 Å². The van der Waals surface area contributed by atoms with Crippen LogP contribution in [0.3, 0.4) is 0 Å².